The van der Waals surface area contributed by atoms with Gasteiger partial charge < -0.3 is 30.3 Å². The molecule has 2 fully saturated rings. The number of ether oxygens (including phenoxy) is 2. The molecule has 266 valence electrons. The number of hydrogen-bond donors (Lipinski definition) is 4. The van der Waals surface area contributed by atoms with Gasteiger partial charge in [0, 0.05) is 41.1 Å². The number of nitrogens with zero attached hydrogens (tertiary/aromatic N) is 1. The number of pyridine rings is 1. The normalized spacial score (nSPS) is 29.2. The van der Waals surface area contributed by atoms with Gasteiger partial charge in [-0.2, -0.15) is 0 Å². The number of aliphatic carboxylic acids is 2. The van der Waals surface area contributed by atoms with Gasteiger partial charge in [0.05, 0.1) is 6.61 Å². The number of hydrogen-bond acceptors (Lipinski definition) is 7. The van der Waals surface area contributed by atoms with Crippen molar-refractivity contribution in [2.24, 2.45) is 11.8 Å². The molecule has 5 atom stereocenters. The fourth-order valence-electron chi connectivity index (χ4n) is 9.32. The predicted molar refractivity (Wildman–Crippen MR) is 193 cm³/mol. The summed E-state index contributed by atoms with van der Waals surface area (Å²) in [5, 5.41) is 27.1. The quantitative estimate of drug-likeness (QED) is 0.162. The molecule has 0 unspecified atom stereocenters. The number of nitrogens with one attached hydrogen (secondary N) is 2. The number of fused-ring (bicyclic) bond motifs is 3. The highest BCUT2D eigenvalue weighted by molar-refractivity contribution is 6.30. The molecule has 2 heterocycles. The summed E-state index contributed by atoms with van der Waals surface area (Å²) in [6.07, 6.45) is 9.59. The molecule has 0 bridgehead atoms. The Bertz CT molecular complexity index is 1740. The summed E-state index contributed by atoms with van der Waals surface area (Å²) in [5.41, 5.74) is 4.33. The van der Waals surface area contributed by atoms with E-state index in [0.29, 0.717) is 67.8 Å². The van der Waals surface area contributed by atoms with Crippen LogP contribution in [-0.4, -0.2) is 58.0 Å². The van der Waals surface area contributed by atoms with Gasteiger partial charge in [0.2, 0.25) is 0 Å². The van der Waals surface area contributed by atoms with E-state index < -0.39 is 23.5 Å². The molecule has 2 aromatic carbocycles. The van der Waals surface area contributed by atoms with Gasteiger partial charge in [-0.15, -0.1) is 0 Å². The Kier molecular flexibility index (Phi) is 9.74. The Hall–Kier alpha value is -3.82. The van der Waals surface area contributed by atoms with Gasteiger partial charge in [0.15, 0.2) is 0 Å². The molecule has 4 N–H and O–H groups in total. The van der Waals surface area contributed by atoms with Gasteiger partial charge in [-0.3, -0.25) is 9.78 Å². The second-order valence-electron chi connectivity index (χ2n) is 15.3. The molecule has 10 heteroatoms. The van der Waals surface area contributed by atoms with E-state index in [1.807, 2.05) is 30.5 Å². The lowest BCUT2D eigenvalue weighted by atomic mass is 9.59. The third kappa shape index (κ3) is 6.79. The van der Waals surface area contributed by atoms with E-state index in [1.54, 1.807) is 12.1 Å². The first-order chi connectivity index (χ1) is 24.0. The molecule has 7 rings (SSSR count). The van der Waals surface area contributed by atoms with Crippen molar-refractivity contribution in [3.63, 3.8) is 0 Å². The zero-order valence-electron chi connectivity index (χ0n) is 28.9. The number of anilines is 1. The van der Waals surface area contributed by atoms with Crippen LogP contribution >= 0.6 is 11.6 Å². The van der Waals surface area contributed by atoms with Crippen LogP contribution in [-0.2, 0) is 27.8 Å². The lowest BCUT2D eigenvalue weighted by Crippen LogP contribution is -2.53. The van der Waals surface area contributed by atoms with Crippen LogP contribution in [0.2, 0.25) is 5.02 Å². The Morgan fingerprint density at radius 2 is 1.94 bits per heavy atom. The minimum Gasteiger partial charge on any atom is -0.493 e. The van der Waals surface area contributed by atoms with Crippen LogP contribution in [0.25, 0.3) is 0 Å². The first-order valence-corrected chi connectivity index (χ1v) is 18.6. The Morgan fingerprint density at radius 1 is 1.12 bits per heavy atom. The maximum Gasteiger partial charge on any atom is 0.329 e. The summed E-state index contributed by atoms with van der Waals surface area (Å²) in [6, 6.07) is 15.0. The Morgan fingerprint density at radius 3 is 2.68 bits per heavy atom. The predicted octanol–water partition coefficient (Wildman–Crippen LogP) is 7.39. The summed E-state index contributed by atoms with van der Waals surface area (Å²) in [7, 11) is 0. The average Bonchev–Trinajstić information content (AvgIpc) is 3.68. The summed E-state index contributed by atoms with van der Waals surface area (Å²) >= 11 is 6.27. The van der Waals surface area contributed by atoms with Crippen molar-refractivity contribution in [3.8, 4) is 11.5 Å². The first kappa shape index (κ1) is 34.6. The third-order valence-corrected chi connectivity index (χ3v) is 12.2. The Balaban J connectivity index is 1.13. The number of carbonyl (C=O) groups is 2. The van der Waals surface area contributed by atoms with Gasteiger partial charge in [-0.25, -0.2) is 4.79 Å². The van der Waals surface area contributed by atoms with E-state index in [0.717, 1.165) is 43.6 Å². The van der Waals surface area contributed by atoms with Crippen molar-refractivity contribution in [1.29, 1.82) is 0 Å². The molecule has 1 aromatic heterocycles. The van der Waals surface area contributed by atoms with Gasteiger partial charge in [0.1, 0.15) is 29.2 Å². The van der Waals surface area contributed by atoms with Crippen molar-refractivity contribution in [3.05, 3.63) is 82.1 Å². The number of carboxylic acid groups (broad SMARTS) is 2. The van der Waals surface area contributed by atoms with Crippen LogP contribution in [0.4, 0.5) is 5.69 Å². The van der Waals surface area contributed by atoms with Crippen LogP contribution in [0.1, 0.15) is 93.5 Å². The highest BCUT2D eigenvalue weighted by Gasteiger charge is 2.54. The lowest BCUT2D eigenvalue weighted by molar-refractivity contribution is -0.144. The van der Waals surface area contributed by atoms with Gasteiger partial charge in [-0.05, 0) is 128 Å². The van der Waals surface area contributed by atoms with Crippen molar-refractivity contribution in [2.45, 2.75) is 107 Å². The summed E-state index contributed by atoms with van der Waals surface area (Å²) in [4.78, 5) is 29.1. The van der Waals surface area contributed by atoms with Gasteiger partial charge in [-0.1, -0.05) is 37.6 Å². The lowest BCUT2D eigenvalue weighted by Gasteiger charge is -2.47. The number of aryl methyl sites for hydroxylation is 1. The monoisotopic (exact) mass is 701 g/mol. The summed E-state index contributed by atoms with van der Waals surface area (Å²) in [6.45, 7) is 5.62. The standard InChI is InChI=1S/C40H48ClN3O6/c1-24(23-49-35-11-16-42-33-8-3-5-25(2)36(33)35)17-27-18-26-9-10-30(50-31-21-34(37(45)46)43-22-31)20-32(26)39(27)12-14-40(15-13-39,38(47)48)44-29-7-4-6-28(41)19-29/h4,6-7,9-11,16,19-20,24-25,27,31,34,43-44H,3,5,8,12-15,17-18,21-23H2,1-2H3,(H,45,46)(H,47,48)/t24-,25-,27+,31+,34+,39?,40?/m1/s1. The largest absolute Gasteiger partial charge is 0.493 e. The summed E-state index contributed by atoms with van der Waals surface area (Å²) in [5.74, 6) is 1.01. The van der Waals surface area contributed by atoms with Crippen molar-refractivity contribution in [2.75, 3.05) is 18.5 Å². The molecule has 1 saturated heterocycles. The Labute approximate surface area is 299 Å². The van der Waals surface area contributed by atoms with Crippen molar-refractivity contribution < 1.29 is 29.3 Å². The van der Waals surface area contributed by atoms with E-state index in [-0.39, 0.29) is 17.4 Å². The van der Waals surface area contributed by atoms with Gasteiger partial charge in [0.25, 0.3) is 0 Å². The molecule has 50 heavy (non-hydrogen) atoms. The second-order valence-corrected chi connectivity index (χ2v) is 15.7. The third-order valence-electron chi connectivity index (χ3n) is 12.0. The topological polar surface area (TPSA) is 130 Å². The van der Waals surface area contributed by atoms with Crippen LogP contribution in [0.15, 0.2) is 54.7 Å². The average molecular weight is 702 g/mol. The molecule has 1 aliphatic heterocycles. The molecule has 0 radical (unpaired) electrons. The SMILES string of the molecule is C[C@@H](COc1ccnc2c1[C@H](C)CCC2)C[C@H]1Cc2ccc(O[C@@H]3CN[C@H](C(=O)O)C3)cc2C12CCC(Nc1cccc(Cl)c1)(C(=O)O)CC2. The minimum atomic E-state index is -1.11. The molecule has 9 nitrogen and oxygen atoms in total. The fraction of sp³-hybridized carbons (Fsp3) is 0.525. The first-order valence-electron chi connectivity index (χ1n) is 18.2. The molecule has 0 amide bonds. The van der Waals surface area contributed by atoms with Crippen LogP contribution in [0, 0.1) is 11.8 Å². The molecule has 4 aliphatic rings. The number of benzene rings is 2. The van der Waals surface area contributed by atoms with Crippen LogP contribution < -0.4 is 20.1 Å². The summed E-state index contributed by atoms with van der Waals surface area (Å²) < 4.78 is 12.9. The van der Waals surface area contributed by atoms with Crippen molar-refractivity contribution >= 4 is 29.2 Å². The van der Waals surface area contributed by atoms with E-state index in [4.69, 9.17) is 21.1 Å². The maximum absolute atomic E-state index is 13.0. The number of halogens is 1. The smallest absolute Gasteiger partial charge is 0.329 e. The fourth-order valence-corrected chi connectivity index (χ4v) is 9.51. The van der Waals surface area contributed by atoms with E-state index >= 15 is 0 Å². The highest BCUT2D eigenvalue weighted by Crippen LogP contribution is 2.57. The number of rotatable bonds is 11. The molecule has 3 aliphatic carbocycles. The minimum absolute atomic E-state index is 0.222. The van der Waals surface area contributed by atoms with Crippen LogP contribution in [0.3, 0.4) is 0 Å². The number of aromatic nitrogens is 1. The van der Waals surface area contributed by atoms with E-state index in [1.165, 1.54) is 22.4 Å². The molecule has 1 spiro atoms. The second kappa shape index (κ2) is 14.1. The van der Waals surface area contributed by atoms with Crippen LogP contribution in [0.5, 0.6) is 11.5 Å². The highest BCUT2D eigenvalue weighted by atomic mass is 35.5. The number of carboxylic acids is 2. The molecular formula is C40H48ClN3O6. The zero-order valence-corrected chi connectivity index (χ0v) is 29.7. The maximum atomic E-state index is 13.0. The molecule has 3 aromatic rings. The zero-order chi connectivity index (χ0) is 35.0. The van der Waals surface area contributed by atoms with Gasteiger partial charge >= 0.3 is 11.9 Å². The molecular weight excluding hydrogens is 654 g/mol. The molecule has 1 saturated carbocycles. The van der Waals surface area contributed by atoms with E-state index in [9.17, 15) is 19.8 Å². The van der Waals surface area contributed by atoms with E-state index in [2.05, 4.69) is 41.6 Å². The van der Waals surface area contributed by atoms with Crippen molar-refractivity contribution in [1.82, 2.24) is 10.3 Å².